The van der Waals surface area contributed by atoms with Crippen LogP contribution in [0.5, 0.6) is 0 Å². The number of furan rings is 1. The molecule has 1 saturated carbocycles. The highest BCUT2D eigenvalue weighted by Crippen LogP contribution is 2.54. The van der Waals surface area contributed by atoms with E-state index < -0.39 is 5.91 Å². The number of piperidine rings is 1. The molecule has 2 unspecified atom stereocenters. The molecule has 1 aliphatic heterocycles. The summed E-state index contributed by atoms with van der Waals surface area (Å²) in [6.45, 7) is 6.14. The van der Waals surface area contributed by atoms with Crippen molar-refractivity contribution >= 4 is 34.2 Å². The molecule has 0 spiro atoms. The van der Waals surface area contributed by atoms with Crippen LogP contribution in [0, 0.1) is 24.7 Å². The monoisotopic (exact) mass is 391 g/mol. The fourth-order valence-corrected chi connectivity index (χ4v) is 4.97. The molecule has 1 aromatic carbocycles. The number of nitrogens with two attached hydrogens (primary N) is 2. The quantitative estimate of drug-likeness (QED) is 0.559. The average Bonchev–Trinajstić information content (AvgIpc) is 2.93. The second-order valence-electron chi connectivity index (χ2n) is 7.83. The van der Waals surface area contributed by atoms with E-state index in [1.165, 1.54) is 6.07 Å². The SMILES string of the molecule is COCCCN1CC2C(Cc3c(C)oc4c(C(N)=O)cc(Cl)c(N)c34)C2C1. The van der Waals surface area contributed by atoms with Gasteiger partial charge in [0.1, 0.15) is 11.3 Å². The lowest BCUT2D eigenvalue weighted by Crippen LogP contribution is -2.26. The molecule has 146 valence electrons. The van der Waals surface area contributed by atoms with Crippen molar-refractivity contribution in [3.63, 3.8) is 0 Å². The molecular weight excluding hydrogens is 366 g/mol. The van der Waals surface area contributed by atoms with E-state index in [2.05, 4.69) is 4.90 Å². The lowest BCUT2D eigenvalue weighted by Gasteiger charge is -2.19. The molecule has 1 amide bonds. The standard InChI is InChI=1S/C20H26ClN3O3/c1-10-11(6-12-14-8-24(9-15(12)14)4-3-5-26-2)17-18(22)16(21)7-13(20(23)25)19(17)27-10/h7,12,14-15H,3-6,8-9,22H2,1-2H3,(H2,23,25). The molecule has 4 rings (SSSR count). The molecule has 1 aromatic heterocycles. The predicted molar refractivity (Wildman–Crippen MR) is 106 cm³/mol. The zero-order valence-electron chi connectivity index (χ0n) is 15.8. The number of benzene rings is 1. The zero-order chi connectivity index (χ0) is 19.3. The Labute approximate surface area is 163 Å². The van der Waals surface area contributed by atoms with Gasteiger partial charge in [0, 0.05) is 44.3 Å². The van der Waals surface area contributed by atoms with Gasteiger partial charge in [0.05, 0.1) is 16.3 Å². The summed E-state index contributed by atoms with van der Waals surface area (Å²) in [5.41, 5.74) is 14.0. The summed E-state index contributed by atoms with van der Waals surface area (Å²) in [6, 6.07) is 1.50. The molecular formula is C20H26ClN3O3. The molecule has 4 N–H and O–H groups in total. The van der Waals surface area contributed by atoms with Gasteiger partial charge in [0.25, 0.3) is 5.91 Å². The van der Waals surface area contributed by atoms with Crippen molar-refractivity contribution in [1.29, 1.82) is 0 Å². The zero-order valence-corrected chi connectivity index (χ0v) is 16.5. The number of carbonyl (C=O) groups is 1. The van der Waals surface area contributed by atoms with Gasteiger partial charge in [-0.25, -0.2) is 0 Å². The average molecular weight is 392 g/mol. The van der Waals surface area contributed by atoms with E-state index in [0.29, 0.717) is 27.8 Å². The maximum absolute atomic E-state index is 11.8. The van der Waals surface area contributed by atoms with Crippen molar-refractivity contribution in [2.24, 2.45) is 23.5 Å². The Morgan fingerprint density at radius 2 is 2.11 bits per heavy atom. The van der Waals surface area contributed by atoms with Crippen molar-refractivity contribution in [3.05, 3.63) is 28.0 Å². The highest BCUT2D eigenvalue weighted by molar-refractivity contribution is 6.35. The molecule has 2 fully saturated rings. The van der Waals surface area contributed by atoms with E-state index in [4.69, 9.17) is 32.2 Å². The van der Waals surface area contributed by atoms with Gasteiger partial charge in [-0.3, -0.25) is 4.79 Å². The van der Waals surface area contributed by atoms with Crippen molar-refractivity contribution in [2.75, 3.05) is 39.1 Å². The fraction of sp³-hybridized carbons (Fsp3) is 0.550. The van der Waals surface area contributed by atoms with Gasteiger partial charge in [-0.1, -0.05) is 11.6 Å². The summed E-state index contributed by atoms with van der Waals surface area (Å²) in [7, 11) is 1.75. The van der Waals surface area contributed by atoms with Crippen LogP contribution >= 0.6 is 11.6 Å². The van der Waals surface area contributed by atoms with E-state index in [-0.39, 0.29) is 0 Å². The molecule has 1 saturated heterocycles. The predicted octanol–water partition coefficient (Wildman–Crippen LogP) is 2.83. The summed E-state index contributed by atoms with van der Waals surface area (Å²) < 4.78 is 11.0. The summed E-state index contributed by atoms with van der Waals surface area (Å²) in [4.78, 5) is 14.3. The minimum Gasteiger partial charge on any atom is -0.460 e. The number of hydrogen-bond acceptors (Lipinski definition) is 5. The van der Waals surface area contributed by atoms with Gasteiger partial charge < -0.3 is 25.5 Å². The van der Waals surface area contributed by atoms with Crippen molar-refractivity contribution in [2.45, 2.75) is 19.8 Å². The minimum atomic E-state index is -0.558. The number of amides is 1. The second-order valence-corrected chi connectivity index (χ2v) is 8.23. The van der Waals surface area contributed by atoms with E-state index in [9.17, 15) is 4.79 Å². The maximum Gasteiger partial charge on any atom is 0.252 e. The Hall–Kier alpha value is -1.76. The number of primary amides is 1. The maximum atomic E-state index is 11.8. The van der Waals surface area contributed by atoms with Crippen LogP contribution in [0.15, 0.2) is 10.5 Å². The number of likely N-dealkylation sites (tertiary alicyclic amines) is 1. The molecule has 2 heterocycles. The van der Waals surface area contributed by atoms with Gasteiger partial charge >= 0.3 is 0 Å². The Morgan fingerprint density at radius 3 is 2.74 bits per heavy atom. The molecule has 2 aromatic rings. The fourth-order valence-electron chi connectivity index (χ4n) is 4.76. The molecule has 0 radical (unpaired) electrons. The van der Waals surface area contributed by atoms with Crippen LogP contribution < -0.4 is 11.5 Å². The Balaban J connectivity index is 1.53. The third kappa shape index (κ3) is 3.20. The number of aryl methyl sites for hydroxylation is 1. The van der Waals surface area contributed by atoms with Crippen LogP contribution in [0.25, 0.3) is 11.0 Å². The lowest BCUT2D eigenvalue weighted by atomic mass is 9.99. The number of anilines is 1. The number of rotatable bonds is 7. The number of hydrogen-bond donors (Lipinski definition) is 2. The first kappa shape index (κ1) is 18.6. The first-order valence-corrected chi connectivity index (χ1v) is 9.81. The number of ether oxygens (including phenoxy) is 1. The molecule has 0 bridgehead atoms. The summed E-state index contributed by atoms with van der Waals surface area (Å²) in [6.07, 6.45) is 1.99. The van der Waals surface area contributed by atoms with Gasteiger partial charge in [0.15, 0.2) is 0 Å². The number of methoxy groups -OCH3 is 1. The van der Waals surface area contributed by atoms with Gasteiger partial charge in [0.2, 0.25) is 0 Å². The number of halogens is 1. The Morgan fingerprint density at radius 1 is 1.41 bits per heavy atom. The van der Waals surface area contributed by atoms with E-state index in [1.54, 1.807) is 7.11 Å². The first-order chi connectivity index (χ1) is 12.9. The van der Waals surface area contributed by atoms with Gasteiger partial charge in [-0.15, -0.1) is 0 Å². The normalized spacial score (nSPS) is 24.5. The molecule has 2 atom stereocenters. The molecule has 2 aliphatic rings. The van der Waals surface area contributed by atoms with Crippen LogP contribution in [0.1, 0.15) is 28.1 Å². The van der Waals surface area contributed by atoms with Crippen molar-refractivity contribution in [1.82, 2.24) is 4.90 Å². The van der Waals surface area contributed by atoms with Crippen LogP contribution in [-0.4, -0.2) is 44.2 Å². The van der Waals surface area contributed by atoms with Crippen LogP contribution in [0.3, 0.4) is 0 Å². The van der Waals surface area contributed by atoms with Crippen LogP contribution in [-0.2, 0) is 11.2 Å². The Kier molecular flexibility index (Phi) is 4.82. The molecule has 7 heteroatoms. The highest BCUT2D eigenvalue weighted by atomic mass is 35.5. The number of nitrogens with zero attached hydrogens (tertiary/aromatic N) is 1. The third-order valence-corrected chi connectivity index (χ3v) is 6.54. The molecule has 27 heavy (non-hydrogen) atoms. The van der Waals surface area contributed by atoms with Crippen molar-refractivity contribution < 1.29 is 13.9 Å². The van der Waals surface area contributed by atoms with E-state index in [1.807, 2.05) is 6.92 Å². The summed E-state index contributed by atoms with van der Waals surface area (Å²) >= 11 is 6.25. The second kappa shape index (κ2) is 7.00. The minimum absolute atomic E-state index is 0.291. The molecule has 6 nitrogen and oxygen atoms in total. The van der Waals surface area contributed by atoms with Gasteiger partial charge in [-0.05, 0) is 43.6 Å². The third-order valence-electron chi connectivity index (χ3n) is 6.23. The van der Waals surface area contributed by atoms with E-state index >= 15 is 0 Å². The van der Waals surface area contributed by atoms with Gasteiger partial charge in [-0.2, -0.15) is 0 Å². The number of carbonyl (C=O) groups excluding carboxylic acids is 1. The topological polar surface area (TPSA) is 94.7 Å². The number of nitrogen functional groups attached to an aromatic ring is 1. The smallest absolute Gasteiger partial charge is 0.252 e. The molecule has 1 aliphatic carbocycles. The Bertz CT molecular complexity index is 882. The summed E-state index contributed by atoms with van der Waals surface area (Å²) in [5, 5.41) is 1.11. The first-order valence-electron chi connectivity index (χ1n) is 9.43. The number of fused-ring (bicyclic) bond motifs is 2. The van der Waals surface area contributed by atoms with Crippen molar-refractivity contribution in [3.8, 4) is 0 Å². The largest absolute Gasteiger partial charge is 0.460 e. The van der Waals surface area contributed by atoms with Crippen LogP contribution in [0.4, 0.5) is 5.69 Å². The highest BCUT2D eigenvalue weighted by Gasteiger charge is 2.55. The summed E-state index contributed by atoms with van der Waals surface area (Å²) in [5.74, 6) is 2.33. The van der Waals surface area contributed by atoms with E-state index in [0.717, 1.165) is 67.6 Å². The van der Waals surface area contributed by atoms with Crippen LogP contribution in [0.2, 0.25) is 5.02 Å². The lowest BCUT2D eigenvalue weighted by molar-refractivity contribution is 0.100.